The standard InChI is InChI=1S/C10H22N.2C2H5.Y/c1-6-10(7-2,8-3)11(5)9-4;2*1-2;/h5-9H2,1-4H3;2*1H2,2H3;/q3*-1;+3. The average molecular weight is 303 g/mol. The molecule has 0 bridgehead atoms. The van der Waals surface area contributed by atoms with E-state index in [1.165, 1.54) is 19.3 Å². The predicted molar refractivity (Wildman–Crippen MR) is 73.4 cm³/mol. The van der Waals surface area contributed by atoms with Crippen LogP contribution in [0.4, 0.5) is 0 Å². The van der Waals surface area contributed by atoms with Crippen molar-refractivity contribution in [3.8, 4) is 0 Å². The van der Waals surface area contributed by atoms with E-state index in [1.54, 1.807) is 13.8 Å². The van der Waals surface area contributed by atoms with Gasteiger partial charge in [0.05, 0.1) is 0 Å². The van der Waals surface area contributed by atoms with Gasteiger partial charge in [0, 0.05) is 0 Å². The first kappa shape index (κ1) is 25.8. The number of nitrogens with zero attached hydrogens (tertiary/aromatic N) is 1. The molecule has 0 aliphatic rings. The van der Waals surface area contributed by atoms with Gasteiger partial charge in [0.1, 0.15) is 0 Å². The predicted octanol–water partition coefficient (Wildman–Crippen LogP) is 4.75. The van der Waals surface area contributed by atoms with Gasteiger partial charge in [-0.1, -0.05) is 27.7 Å². The monoisotopic (exact) mass is 303 g/mol. The molecule has 2 heteroatoms. The largest absolute Gasteiger partial charge is 3.00 e. The van der Waals surface area contributed by atoms with E-state index >= 15 is 0 Å². The molecule has 0 fully saturated rings. The van der Waals surface area contributed by atoms with E-state index < -0.39 is 0 Å². The molecule has 0 aliphatic carbocycles. The van der Waals surface area contributed by atoms with E-state index in [2.05, 4.69) is 53.5 Å². The fourth-order valence-electron chi connectivity index (χ4n) is 1.76. The van der Waals surface area contributed by atoms with Gasteiger partial charge in [0.2, 0.25) is 0 Å². The summed E-state index contributed by atoms with van der Waals surface area (Å²) in [6.07, 6.45) is 3.62. The summed E-state index contributed by atoms with van der Waals surface area (Å²) < 4.78 is 0. The summed E-state index contributed by atoms with van der Waals surface area (Å²) in [6, 6.07) is 0. The first-order valence-electron chi connectivity index (χ1n) is 6.16. The molecule has 0 unspecified atom stereocenters. The second-order valence-corrected chi connectivity index (χ2v) is 3.14. The Labute approximate surface area is 131 Å². The maximum Gasteiger partial charge on any atom is 3.00 e. The van der Waals surface area contributed by atoms with E-state index in [0.717, 1.165) is 6.54 Å². The van der Waals surface area contributed by atoms with Crippen LogP contribution in [0.3, 0.4) is 0 Å². The van der Waals surface area contributed by atoms with Crippen LogP contribution in [0, 0.1) is 20.9 Å². The molecule has 0 radical (unpaired) electrons. The van der Waals surface area contributed by atoms with Crippen LogP contribution in [0.2, 0.25) is 0 Å². The maximum atomic E-state index is 4.07. The third-order valence-electron chi connectivity index (χ3n) is 3.03. The van der Waals surface area contributed by atoms with Gasteiger partial charge in [0.25, 0.3) is 0 Å². The van der Waals surface area contributed by atoms with Crippen LogP contribution in [0.1, 0.15) is 60.8 Å². The van der Waals surface area contributed by atoms with Crippen LogP contribution in [0.15, 0.2) is 0 Å². The van der Waals surface area contributed by atoms with E-state index in [0.29, 0.717) is 5.54 Å². The topological polar surface area (TPSA) is 3.24 Å². The van der Waals surface area contributed by atoms with E-state index in [1.807, 2.05) is 0 Å². The Kier molecular flexibility index (Phi) is 29.7. The first-order chi connectivity index (χ1) is 7.16. The van der Waals surface area contributed by atoms with E-state index in [-0.39, 0.29) is 32.7 Å². The Morgan fingerprint density at radius 2 is 1.06 bits per heavy atom. The van der Waals surface area contributed by atoms with Crippen molar-refractivity contribution in [1.29, 1.82) is 0 Å². The van der Waals surface area contributed by atoms with Crippen LogP contribution in [0.5, 0.6) is 0 Å². The van der Waals surface area contributed by atoms with Gasteiger partial charge in [0.15, 0.2) is 0 Å². The van der Waals surface area contributed by atoms with Gasteiger partial charge >= 0.3 is 32.7 Å². The maximum absolute atomic E-state index is 4.07. The average Bonchev–Trinajstić information content (AvgIpc) is 2.36. The van der Waals surface area contributed by atoms with Crippen molar-refractivity contribution in [3.63, 3.8) is 0 Å². The number of rotatable bonds is 5. The second-order valence-electron chi connectivity index (χ2n) is 3.14. The van der Waals surface area contributed by atoms with Gasteiger partial charge in [-0.15, -0.1) is 0 Å². The third kappa shape index (κ3) is 9.13. The van der Waals surface area contributed by atoms with Crippen molar-refractivity contribution in [2.24, 2.45) is 0 Å². The second kappa shape index (κ2) is 18.4. The zero-order valence-corrected chi connectivity index (χ0v) is 15.3. The Hall–Kier alpha value is 1.06. The molecule has 0 heterocycles. The van der Waals surface area contributed by atoms with Crippen molar-refractivity contribution in [2.45, 2.75) is 66.3 Å². The van der Waals surface area contributed by atoms with Crippen LogP contribution < -0.4 is 0 Å². The van der Waals surface area contributed by atoms with Crippen LogP contribution in [-0.4, -0.2) is 17.0 Å². The molecule has 0 saturated heterocycles. The molecule has 0 saturated carbocycles. The molecule has 96 valence electrons. The fraction of sp³-hybridized carbons (Fsp3) is 0.786. The molecular formula is C14H32NY. The molecular weight excluding hydrogens is 271 g/mol. The molecule has 0 aromatic carbocycles. The van der Waals surface area contributed by atoms with Crippen molar-refractivity contribution in [2.75, 3.05) is 6.54 Å². The number of hydrogen-bond donors (Lipinski definition) is 0. The smallest absolute Gasteiger partial charge is 0.454 e. The van der Waals surface area contributed by atoms with Gasteiger partial charge < -0.3 is 18.7 Å². The summed E-state index contributed by atoms with van der Waals surface area (Å²) >= 11 is 0. The Morgan fingerprint density at radius 3 is 1.12 bits per heavy atom. The summed E-state index contributed by atoms with van der Waals surface area (Å²) in [5, 5.41) is 0. The summed E-state index contributed by atoms with van der Waals surface area (Å²) in [7, 11) is 4.07. The van der Waals surface area contributed by atoms with Crippen LogP contribution in [-0.2, 0) is 32.7 Å². The Bertz CT molecular complexity index is 92.6. The van der Waals surface area contributed by atoms with E-state index in [9.17, 15) is 0 Å². The quantitative estimate of drug-likeness (QED) is 0.663. The SMILES string of the molecule is [CH2-]C.[CH2-]C.[CH2-]N(CC)C(CC)(CC)CC.[Y+3]. The zero-order chi connectivity index (χ0) is 12.9. The first-order valence-corrected chi connectivity index (χ1v) is 6.16. The molecule has 0 N–H and O–H groups in total. The molecule has 0 spiro atoms. The summed E-state index contributed by atoms with van der Waals surface area (Å²) in [6.45, 7) is 20.0. The molecule has 0 aromatic rings. The van der Waals surface area contributed by atoms with Gasteiger partial charge in [-0.2, -0.15) is 13.8 Å². The van der Waals surface area contributed by atoms with E-state index in [4.69, 9.17) is 0 Å². The molecule has 0 amide bonds. The molecule has 16 heavy (non-hydrogen) atoms. The van der Waals surface area contributed by atoms with Gasteiger partial charge in [-0.3, -0.25) is 7.05 Å². The Balaban J connectivity index is -0.000000129. The molecule has 0 atom stereocenters. The zero-order valence-electron chi connectivity index (χ0n) is 12.5. The molecule has 0 aromatic heterocycles. The molecule has 0 rings (SSSR count). The molecule has 1 nitrogen and oxygen atoms in total. The van der Waals surface area contributed by atoms with Crippen molar-refractivity contribution < 1.29 is 32.7 Å². The Morgan fingerprint density at radius 1 is 0.812 bits per heavy atom. The van der Waals surface area contributed by atoms with Crippen molar-refractivity contribution >= 4 is 0 Å². The third-order valence-corrected chi connectivity index (χ3v) is 3.03. The normalized spacial score (nSPS) is 9.38. The summed E-state index contributed by atoms with van der Waals surface area (Å²) in [5.41, 5.74) is 0.356. The van der Waals surface area contributed by atoms with Crippen LogP contribution >= 0.6 is 0 Å². The van der Waals surface area contributed by atoms with Crippen molar-refractivity contribution in [1.82, 2.24) is 4.90 Å². The van der Waals surface area contributed by atoms with Crippen molar-refractivity contribution in [3.05, 3.63) is 20.9 Å². The minimum absolute atomic E-state index is 0. The molecule has 0 aliphatic heterocycles. The van der Waals surface area contributed by atoms with Gasteiger partial charge in [-0.05, 0) is 31.3 Å². The fourth-order valence-corrected chi connectivity index (χ4v) is 1.76. The minimum atomic E-state index is 0. The van der Waals surface area contributed by atoms with Crippen LogP contribution in [0.25, 0.3) is 0 Å². The summed E-state index contributed by atoms with van der Waals surface area (Å²) in [5.74, 6) is 0. The minimum Gasteiger partial charge on any atom is -0.454 e. The van der Waals surface area contributed by atoms with Gasteiger partial charge in [-0.25, -0.2) is 0 Å². The summed E-state index contributed by atoms with van der Waals surface area (Å²) in [4.78, 5) is 2.23. The number of hydrogen-bond acceptors (Lipinski definition) is 1.